The Bertz CT molecular complexity index is 909. The summed E-state index contributed by atoms with van der Waals surface area (Å²) in [5.74, 6) is -4.90. The fraction of sp³-hybridized carbons (Fsp3) is 0.176. The Labute approximate surface area is 153 Å². The number of benzene rings is 2. The number of esters is 1. The Kier molecular flexibility index (Phi) is 6.09. The van der Waals surface area contributed by atoms with Crippen LogP contribution in [0.15, 0.2) is 53.4 Å². The molecule has 0 amide bonds. The van der Waals surface area contributed by atoms with Gasteiger partial charge in [0.2, 0.25) is 15.6 Å². The van der Waals surface area contributed by atoms with Crippen molar-refractivity contribution in [2.24, 2.45) is 0 Å². The second-order valence-corrected chi connectivity index (χ2v) is 7.60. The van der Waals surface area contributed by atoms with Crippen LogP contribution in [0.5, 0.6) is 0 Å². The van der Waals surface area contributed by atoms with Crippen molar-refractivity contribution in [2.75, 3.05) is 0 Å². The number of carbonyl (C=O) groups is 2. The maximum Gasteiger partial charge on any atom is 0.341 e. The lowest BCUT2D eigenvalue weighted by molar-refractivity contribution is 0.0318. The molecule has 0 aliphatic heterocycles. The van der Waals surface area contributed by atoms with E-state index in [-0.39, 0.29) is 5.56 Å². The van der Waals surface area contributed by atoms with Gasteiger partial charge in [-0.2, -0.15) is 8.78 Å². The average Bonchev–Trinajstić information content (AvgIpc) is 2.61. The van der Waals surface area contributed by atoms with Gasteiger partial charge in [-0.15, -0.1) is 0 Å². The molecule has 0 bridgehead atoms. The van der Waals surface area contributed by atoms with Crippen molar-refractivity contribution < 1.29 is 31.5 Å². The number of sulfone groups is 1. The molecule has 2 aromatic rings. The summed E-state index contributed by atoms with van der Waals surface area (Å²) < 4.78 is 52.7. The van der Waals surface area contributed by atoms with Crippen molar-refractivity contribution in [3.63, 3.8) is 0 Å². The third-order valence-corrected chi connectivity index (χ3v) is 5.09. The molecule has 9 heteroatoms. The number of ether oxygens (including phenoxy) is 1. The van der Waals surface area contributed by atoms with Crippen molar-refractivity contribution in [1.82, 2.24) is 0 Å². The summed E-state index contributed by atoms with van der Waals surface area (Å²) in [6, 6.07) is 9.84. The molecule has 5 nitrogen and oxygen atoms in total. The van der Waals surface area contributed by atoms with Crippen LogP contribution in [0, 0.1) is 0 Å². The summed E-state index contributed by atoms with van der Waals surface area (Å²) >= 11 is 5.74. The van der Waals surface area contributed by atoms with Gasteiger partial charge in [-0.25, -0.2) is 13.2 Å². The zero-order valence-electron chi connectivity index (χ0n) is 13.4. The highest BCUT2D eigenvalue weighted by molar-refractivity contribution is 7.91. The first-order valence-corrected chi connectivity index (χ1v) is 9.18. The second kappa shape index (κ2) is 7.92. The molecular formula is C17H13ClF2O5S. The van der Waals surface area contributed by atoms with Gasteiger partial charge in [0.05, 0.1) is 10.5 Å². The molecule has 0 aromatic heterocycles. The fourth-order valence-electron chi connectivity index (χ4n) is 2.01. The summed E-state index contributed by atoms with van der Waals surface area (Å²) in [6.07, 6.45) is -1.10. The molecule has 0 fully saturated rings. The molecule has 2 rings (SSSR count). The van der Waals surface area contributed by atoms with Crippen LogP contribution in [0.3, 0.4) is 0 Å². The standard InChI is InChI=1S/C17H13ClF2O5S/c1-10(15(21)11-2-6-13(18)7-3-11)25-16(22)12-4-8-14(9-5-12)26(23,24)17(19)20/h2-10,17H,1H3. The third kappa shape index (κ3) is 4.44. The van der Waals surface area contributed by atoms with E-state index >= 15 is 0 Å². The van der Waals surface area contributed by atoms with Crippen molar-refractivity contribution in [3.8, 4) is 0 Å². The summed E-state index contributed by atoms with van der Waals surface area (Å²) in [6.45, 7) is 1.38. The van der Waals surface area contributed by atoms with Gasteiger partial charge >= 0.3 is 11.7 Å². The average molecular weight is 403 g/mol. The van der Waals surface area contributed by atoms with Crippen LogP contribution in [0.4, 0.5) is 8.78 Å². The number of rotatable bonds is 6. The first kappa shape index (κ1) is 20.0. The molecule has 0 N–H and O–H groups in total. The molecule has 0 aliphatic rings. The minimum atomic E-state index is -4.75. The molecular weight excluding hydrogens is 390 g/mol. The van der Waals surface area contributed by atoms with E-state index in [9.17, 15) is 26.8 Å². The van der Waals surface area contributed by atoms with Crippen LogP contribution in [-0.2, 0) is 14.6 Å². The van der Waals surface area contributed by atoms with Gasteiger partial charge in [0.1, 0.15) is 0 Å². The lowest BCUT2D eigenvalue weighted by Gasteiger charge is -2.12. The van der Waals surface area contributed by atoms with E-state index in [2.05, 4.69) is 0 Å². The predicted molar refractivity (Wildman–Crippen MR) is 90.3 cm³/mol. The second-order valence-electron chi connectivity index (χ2n) is 5.25. The van der Waals surface area contributed by atoms with Crippen molar-refractivity contribution in [2.45, 2.75) is 23.7 Å². The van der Waals surface area contributed by atoms with Crippen LogP contribution in [0.1, 0.15) is 27.6 Å². The summed E-state index contributed by atoms with van der Waals surface area (Å²) in [7, 11) is -4.75. The maximum atomic E-state index is 12.5. The predicted octanol–water partition coefficient (Wildman–Crippen LogP) is 3.76. The molecule has 0 radical (unpaired) electrons. The highest BCUT2D eigenvalue weighted by Crippen LogP contribution is 2.19. The van der Waals surface area contributed by atoms with Crippen LogP contribution in [0.25, 0.3) is 0 Å². The van der Waals surface area contributed by atoms with E-state index in [1.54, 1.807) is 0 Å². The molecule has 0 heterocycles. The number of alkyl halides is 2. The Hall–Kier alpha value is -2.32. The van der Waals surface area contributed by atoms with Gasteiger partial charge in [0.25, 0.3) is 0 Å². The molecule has 0 saturated carbocycles. The zero-order valence-corrected chi connectivity index (χ0v) is 14.9. The monoisotopic (exact) mass is 402 g/mol. The summed E-state index contributed by atoms with van der Waals surface area (Å²) in [4.78, 5) is 23.6. The number of Topliss-reactive ketones (excluding diaryl/α,β-unsaturated/α-hetero) is 1. The smallest absolute Gasteiger partial charge is 0.341 e. The third-order valence-electron chi connectivity index (χ3n) is 3.43. The van der Waals surface area contributed by atoms with Gasteiger partial charge in [0.15, 0.2) is 6.10 Å². The van der Waals surface area contributed by atoms with Crippen molar-refractivity contribution in [3.05, 3.63) is 64.7 Å². The van der Waals surface area contributed by atoms with Gasteiger partial charge in [-0.1, -0.05) is 11.6 Å². The highest BCUT2D eigenvalue weighted by atomic mass is 35.5. The number of halogens is 3. The molecule has 2 aromatic carbocycles. The zero-order chi connectivity index (χ0) is 19.5. The minimum absolute atomic E-state index is 0.0750. The molecule has 26 heavy (non-hydrogen) atoms. The Morgan fingerprint density at radius 1 is 0.962 bits per heavy atom. The Balaban J connectivity index is 2.09. The molecule has 1 atom stereocenters. The largest absolute Gasteiger partial charge is 0.451 e. The van der Waals surface area contributed by atoms with Gasteiger partial charge in [-0.3, -0.25) is 4.79 Å². The molecule has 138 valence electrons. The first-order chi connectivity index (χ1) is 12.1. The quantitative estimate of drug-likeness (QED) is 0.543. The van der Waals surface area contributed by atoms with E-state index in [1.807, 2.05) is 0 Å². The van der Waals surface area contributed by atoms with Crippen LogP contribution in [-0.4, -0.2) is 32.0 Å². The minimum Gasteiger partial charge on any atom is -0.451 e. The number of hydrogen-bond acceptors (Lipinski definition) is 5. The fourth-order valence-corrected chi connectivity index (χ4v) is 2.86. The SMILES string of the molecule is CC(OC(=O)c1ccc(S(=O)(=O)C(F)F)cc1)C(=O)c1ccc(Cl)cc1. The maximum absolute atomic E-state index is 12.5. The van der Waals surface area contributed by atoms with E-state index in [0.29, 0.717) is 10.6 Å². The molecule has 0 saturated heterocycles. The lowest BCUT2D eigenvalue weighted by Crippen LogP contribution is -2.24. The highest BCUT2D eigenvalue weighted by Gasteiger charge is 2.27. The Morgan fingerprint density at radius 3 is 1.96 bits per heavy atom. The van der Waals surface area contributed by atoms with Crippen LogP contribution in [0.2, 0.25) is 5.02 Å². The molecule has 1 unspecified atom stereocenters. The molecule has 0 aliphatic carbocycles. The number of carbonyl (C=O) groups excluding carboxylic acids is 2. The van der Waals surface area contributed by atoms with E-state index < -0.39 is 38.3 Å². The Morgan fingerprint density at radius 2 is 1.46 bits per heavy atom. The topological polar surface area (TPSA) is 77.5 Å². The van der Waals surface area contributed by atoms with Crippen molar-refractivity contribution >= 4 is 33.2 Å². The van der Waals surface area contributed by atoms with E-state index in [1.165, 1.54) is 31.2 Å². The van der Waals surface area contributed by atoms with Gasteiger partial charge in [-0.05, 0) is 55.5 Å². The molecule has 0 spiro atoms. The van der Waals surface area contributed by atoms with Crippen LogP contribution >= 0.6 is 11.6 Å². The first-order valence-electron chi connectivity index (χ1n) is 7.26. The summed E-state index contributed by atoms with van der Waals surface area (Å²) in [5, 5.41) is 0.449. The van der Waals surface area contributed by atoms with Gasteiger partial charge < -0.3 is 4.74 Å². The van der Waals surface area contributed by atoms with E-state index in [4.69, 9.17) is 16.3 Å². The number of ketones is 1. The lowest BCUT2D eigenvalue weighted by atomic mass is 10.1. The van der Waals surface area contributed by atoms with E-state index in [0.717, 1.165) is 24.3 Å². The summed E-state index contributed by atoms with van der Waals surface area (Å²) in [5.41, 5.74) is 0.224. The van der Waals surface area contributed by atoms with Crippen molar-refractivity contribution in [1.29, 1.82) is 0 Å². The normalized spacial score (nSPS) is 12.7. The number of hydrogen-bond donors (Lipinski definition) is 0. The van der Waals surface area contributed by atoms with Crippen LogP contribution < -0.4 is 0 Å². The van der Waals surface area contributed by atoms with Gasteiger partial charge in [0, 0.05) is 10.6 Å².